The van der Waals surface area contributed by atoms with Crippen molar-refractivity contribution in [1.82, 2.24) is 15.3 Å². The van der Waals surface area contributed by atoms with Crippen molar-refractivity contribution in [3.63, 3.8) is 0 Å². The Hall–Kier alpha value is -1.97. The lowest BCUT2D eigenvalue weighted by atomic mass is 9.49. The van der Waals surface area contributed by atoms with E-state index in [2.05, 4.69) is 10.9 Å². The van der Waals surface area contributed by atoms with E-state index < -0.39 is 15.9 Å². The molecule has 2 N–H and O–H groups in total. The summed E-state index contributed by atoms with van der Waals surface area (Å²) < 4.78 is 25.2. The number of nitrogens with zero attached hydrogens (tertiary/aromatic N) is 1. The molecule has 30 heavy (non-hydrogen) atoms. The maximum Gasteiger partial charge on any atom is 0.269 e. The highest BCUT2D eigenvalue weighted by Gasteiger charge is 2.51. The van der Waals surface area contributed by atoms with Gasteiger partial charge in [0.2, 0.25) is 5.91 Å². The van der Waals surface area contributed by atoms with Crippen molar-refractivity contribution >= 4 is 21.8 Å². The van der Waals surface area contributed by atoms with Crippen molar-refractivity contribution in [3.05, 3.63) is 29.8 Å². The van der Waals surface area contributed by atoms with Gasteiger partial charge in [0.05, 0.1) is 12.0 Å². The van der Waals surface area contributed by atoms with E-state index in [0.717, 1.165) is 41.5 Å². The van der Waals surface area contributed by atoms with Crippen LogP contribution in [0, 0.1) is 23.2 Å². The summed E-state index contributed by atoms with van der Waals surface area (Å²) in [6.45, 7) is 0. The van der Waals surface area contributed by atoms with Gasteiger partial charge in [-0.2, -0.15) is 0 Å². The van der Waals surface area contributed by atoms with Crippen molar-refractivity contribution in [2.45, 2.75) is 49.8 Å². The molecule has 0 saturated heterocycles. The van der Waals surface area contributed by atoms with Crippen LogP contribution >= 0.6 is 0 Å². The van der Waals surface area contributed by atoms with Crippen molar-refractivity contribution < 1.29 is 22.8 Å². The van der Waals surface area contributed by atoms with E-state index in [0.29, 0.717) is 6.42 Å². The van der Waals surface area contributed by atoms with Crippen molar-refractivity contribution in [1.29, 1.82) is 0 Å². The van der Waals surface area contributed by atoms with Crippen LogP contribution < -0.4 is 10.9 Å². The maximum absolute atomic E-state index is 12.5. The number of hydrogen-bond donors (Lipinski definition) is 2. The number of sulfonamides is 1. The first-order valence-electron chi connectivity index (χ1n) is 10.4. The summed E-state index contributed by atoms with van der Waals surface area (Å²) >= 11 is 0. The zero-order valence-corrected chi connectivity index (χ0v) is 18.2. The molecular weight excluding hydrogens is 406 g/mol. The molecule has 0 atom stereocenters. The first-order chi connectivity index (χ1) is 14.2. The minimum atomic E-state index is -3.77. The van der Waals surface area contributed by atoms with E-state index in [1.54, 1.807) is 0 Å². The summed E-state index contributed by atoms with van der Waals surface area (Å²) in [4.78, 5) is 29.6. The fraction of sp³-hybridized carbons (Fsp3) is 0.619. The first kappa shape index (κ1) is 21.3. The van der Waals surface area contributed by atoms with Gasteiger partial charge in [-0.1, -0.05) is 4.47 Å². The zero-order valence-electron chi connectivity index (χ0n) is 17.4. The van der Waals surface area contributed by atoms with Gasteiger partial charge < -0.3 is 0 Å². The third-order valence-electron chi connectivity index (χ3n) is 7.03. The number of hydrogen-bond acceptors (Lipinski definition) is 5. The van der Waals surface area contributed by atoms with E-state index in [4.69, 9.17) is 4.84 Å². The van der Waals surface area contributed by atoms with Gasteiger partial charge in [-0.15, -0.1) is 0 Å². The maximum atomic E-state index is 12.5. The van der Waals surface area contributed by atoms with Crippen LogP contribution in [0.1, 0.15) is 55.3 Å². The third-order valence-corrected chi connectivity index (χ3v) is 8.72. The fourth-order valence-electron chi connectivity index (χ4n) is 6.11. The molecule has 4 fully saturated rings. The van der Waals surface area contributed by atoms with Gasteiger partial charge in [0.25, 0.3) is 15.9 Å². The molecule has 4 saturated carbocycles. The Morgan fingerprint density at radius 1 is 1.03 bits per heavy atom. The summed E-state index contributed by atoms with van der Waals surface area (Å²) in [5.41, 5.74) is 5.35. The van der Waals surface area contributed by atoms with Crippen LogP contribution in [0.25, 0.3) is 0 Å². The molecule has 1 aromatic carbocycles. The molecule has 4 aliphatic carbocycles. The second kappa shape index (κ2) is 7.94. The number of rotatable bonds is 6. The molecule has 0 spiro atoms. The second-order valence-corrected chi connectivity index (χ2v) is 11.2. The lowest BCUT2D eigenvalue weighted by Crippen LogP contribution is -2.50. The standard InChI is InChI=1S/C21H29N3O5S/c1-24(29-2)30(27,28)18-5-3-17(4-6-18)20(26)23-22-19(25)13-21-10-14-7-15(11-21)9-16(8-14)12-21/h3-6,14-16H,7-13H2,1-2H3,(H,22,25)(H,23,26). The number of carbonyl (C=O) groups is 2. The largest absolute Gasteiger partial charge is 0.288 e. The number of nitrogens with one attached hydrogen (secondary N) is 2. The molecule has 0 aromatic heterocycles. The van der Waals surface area contributed by atoms with Crippen LogP contribution in [0.3, 0.4) is 0 Å². The highest BCUT2D eigenvalue weighted by molar-refractivity contribution is 7.89. The molecule has 0 radical (unpaired) electrons. The monoisotopic (exact) mass is 435 g/mol. The molecule has 4 aliphatic rings. The second-order valence-electron chi connectivity index (χ2n) is 9.22. The highest BCUT2D eigenvalue weighted by Crippen LogP contribution is 2.61. The molecule has 164 valence electrons. The van der Waals surface area contributed by atoms with Gasteiger partial charge in [0.1, 0.15) is 0 Å². The number of hydrazine groups is 1. The summed E-state index contributed by atoms with van der Waals surface area (Å²) in [7, 11) is -1.23. The first-order valence-corrected chi connectivity index (χ1v) is 11.9. The van der Waals surface area contributed by atoms with Crippen LogP contribution in [0.15, 0.2) is 29.2 Å². The Kier molecular flexibility index (Phi) is 5.63. The summed E-state index contributed by atoms with van der Waals surface area (Å²) in [6.07, 6.45) is 7.82. The summed E-state index contributed by atoms with van der Waals surface area (Å²) in [5.74, 6) is 1.66. The SMILES string of the molecule is CON(C)S(=O)(=O)c1ccc(C(=O)NNC(=O)CC23CC4CC(CC(C4)C2)C3)cc1. The van der Waals surface area contributed by atoms with Gasteiger partial charge in [0.15, 0.2) is 0 Å². The Morgan fingerprint density at radius 3 is 2.07 bits per heavy atom. The molecule has 2 amide bonds. The van der Waals surface area contributed by atoms with E-state index in [-0.39, 0.29) is 21.8 Å². The number of carbonyl (C=O) groups excluding carboxylic acids is 2. The van der Waals surface area contributed by atoms with Crippen LogP contribution in [-0.2, 0) is 19.7 Å². The topological polar surface area (TPSA) is 105 Å². The lowest BCUT2D eigenvalue weighted by Gasteiger charge is -2.56. The van der Waals surface area contributed by atoms with E-state index >= 15 is 0 Å². The fourth-order valence-corrected chi connectivity index (χ4v) is 7.09. The zero-order chi connectivity index (χ0) is 21.5. The normalized spacial score (nSPS) is 29.8. The average molecular weight is 436 g/mol. The summed E-state index contributed by atoms with van der Waals surface area (Å²) in [6, 6.07) is 5.46. The lowest BCUT2D eigenvalue weighted by molar-refractivity contribution is -0.130. The Morgan fingerprint density at radius 2 is 1.57 bits per heavy atom. The van der Waals surface area contributed by atoms with Crippen LogP contribution in [0.5, 0.6) is 0 Å². The minimum Gasteiger partial charge on any atom is -0.288 e. The van der Waals surface area contributed by atoms with E-state index in [1.807, 2.05) is 0 Å². The number of amides is 2. The molecule has 9 heteroatoms. The van der Waals surface area contributed by atoms with Crippen LogP contribution in [0.2, 0.25) is 0 Å². The Balaban J connectivity index is 1.32. The number of benzene rings is 1. The highest BCUT2D eigenvalue weighted by atomic mass is 32.2. The van der Waals surface area contributed by atoms with Gasteiger partial charge in [-0.3, -0.25) is 25.3 Å². The molecule has 0 heterocycles. The molecular formula is C21H29N3O5S. The van der Waals surface area contributed by atoms with Gasteiger partial charge >= 0.3 is 0 Å². The van der Waals surface area contributed by atoms with Gasteiger partial charge in [-0.05, 0) is 86.0 Å². The van der Waals surface area contributed by atoms with Gasteiger partial charge in [0, 0.05) is 19.0 Å². The molecule has 4 bridgehead atoms. The van der Waals surface area contributed by atoms with Crippen molar-refractivity contribution in [2.24, 2.45) is 23.2 Å². The third kappa shape index (κ3) is 4.10. The van der Waals surface area contributed by atoms with Crippen LogP contribution in [-0.4, -0.2) is 38.9 Å². The quantitative estimate of drug-likeness (QED) is 0.667. The smallest absolute Gasteiger partial charge is 0.269 e. The van der Waals surface area contributed by atoms with E-state index in [1.165, 1.54) is 57.7 Å². The van der Waals surface area contributed by atoms with E-state index in [9.17, 15) is 18.0 Å². The predicted molar refractivity (Wildman–Crippen MR) is 109 cm³/mol. The molecule has 1 aromatic rings. The minimum absolute atomic E-state index is 0.00857. The molecule has 8 nitrogen and oxygen atoms in total. The molecule has 0 aliphatic heterocycles. The number of hydroxylamine groups is 1. The van der Waals surface area contributed by atoms with Crippen molar-refractivity contribution in [2.75, 3.05) is 14.2 Å². The predicted octanol–water partition coefficient (Wildman–Crippen LogP) is 2.24. The van der Waals surface area contributed by atoms with Crippen LogP contribution in [0.4, 0.5) is 0 Å². The van der Waals surface area contributed by atoms with Gasteiger partial charge in [-0.25, -0.2) is 8.42 Å². The van der Waals surface area contributed by atoms with Crippen molar-refractivity contribution in [3.8, 4) is 0 Å². The Bertz CT molecular complexity index is 893. The Labute approximate surface area is 177 Å². The molecule has 0 unspecified atom stereocenters. The average Bonchev–Trinajstić information content (AvgIpc) is 2.70. The summed E-state index contributed by atoms with van der Waals surface area (Å²) in [5, 5.41) is 0. The molecule has 5 rings (SSSR count).